The molecule has 0 spiro atoms. The van der Waals surface area contributed by atoms with E-state index in [1.807, 2.05) is 0 Å². The molecule has 1 heterocycles. The fraction of sp³-hybridized carbons (Fsp3) is 0.917. The Bertz CT molecular complexity index is 221. The van der Waals surface area contributed by atoms with Gasteiger partial charge in [-0.2, -0.15) is 0 Å². The maximum absolute atomic E-state index is 11.8. The van der Waals surface area contributed by atoms with E-state index in [1.165, 1.54) is 19.3 Å². The zero-order chi connectivity index (χ0) is 12.0. The van der Waals surface area contributed by atoms with Crippen LogP contribution in [-0.4, -0.2) is 31.2 Å². The highest BCUT2D eigenvalue weighted by Gasteiger charge is 2.31. The van der Waals surface area contributed by atoms with Crippen molar-refractivity contribution in [2.45, 2.75) is 51.6 Å². The lowest BCUT2D eigenvalue weighted by Crippen LogP contribution is -2.44. The van der Waals surface area contributed by atoms with Gasteiger partial charge in [0.05, 0.1) is 19.1 Å². The van der Waals surface area contributed by atoms with Gasteiger partial charge in [-0.05, 0) is 13.3 Å². The fourth-order valence-electron chi connectivity index (χ4n) is 1.96. The molecule has 0 aliphatic carbocycles. The third-order valence-corrected chi connectivity index (χ3v) is 3.09. The van der Waals surface area contributed by atoms with E-state index in [0.29, 0.717) is 13.2 Å². The summed E-state index contributed by atoms with van der Waals surface area (Å²) in [7, 11) is 0. The number of rotatable bonds is 6. The van der Waals surface area contributed by atoms with Crippen LogP contribution in [0.2, 0.25) is 0 Å². The number of hydrogen-bond donors (Lipinski definition) is 2. The zero-order valence-corrected chi connectivity index (χ0v) is 10.4. The number of hydrogen-bond acceptors (Lipinski definition) is 3. The van der Waals surface area contributed by atoms with Crippen molar-refractivity contribution >= 4 is 5.91 Å². The second-order valence-corrected chi connectivity index (χ2v) is 4.71. The minimum absolute atomic E-state index is 0.0500. The molecule has 1 rings (SSSR count). The Morgan fingerprint density at radius 3 is 2.81 bits per heavy atom. The van der Waals surface area contributed by atoms with Crippen molar-refractivity contribution in [2.24, 2.45) is 11.7 Å². The third kappa shape index (κ3) is 4.10. The molecule has 0 aromatic rings. The van der Waals surface area contributed by atoms with E-state index < -0.39 is 0 Å². The molecule has 16 heavy (non-hydrogen) atoms. The quantitative estimate of drug-likeness (QED) is 0.668. The van der Waals surface area contributed by atoms with Crippen molar-refractivity contribution in [1.29, 1.82) is 0 Å². The first-order valence-corrected chi connectivity index (χ1v) is 6.28. The Morgan fingerprint density at radius 2 is 2.25 bits per heavy atom. The van der Waals surface area contributed by atoms with Crippen molar-refractivity contribution < 1.29 is 9.53 Å². The summed E-state index contributed by atoms with van der Waals surface area (Å²) in [6.45, 7) is 5.20. The second-order valence-electron chi connectivity index (χ2n) is 4.71. The zero-order valence-electron chi connectivity index (χ0n) is 10.4. The van der Waals surface area contributed by atoms with Crippen LogP contribution in [0.1, 0.15) is 39.5 Å². The summed E-state index contributed by atoms with van der Waals surface area (Å²) in [4.78, 5) is 11.8. The van der Waals surface area contributed by atoms with E-state index in [1.54, 1.807) is 0 Å². The van der Waals surface area contributed by atoms with E-state index >= 15 is 0 Å². The molecule has 1 aliphatic heterocycles. The van der Waals surface area contributed by atoms with Gasteiger partial charge in [0.2, 0.25) is 5.91 Å². The molecule has 0 bridgehead atoms. The maximum atomic E-state index is 11.8. The van der Waals surface area contributed by atoms with E-state index in [-0.39, 0.29) is 23.9 Å². The molecule has 1 aliphatic rings. The fourth-order valence-corrected chi connectivity index (χ4v) is 1.96. The topological polar surface area (TPSA) is 64.3 Å². The Hall–Kier alpha value is -0.610. The second kappa shape index (κ2) is 6.86. The monoisotopic (exact) mass is 228 g/mol. The predicted molar refractivity (Wildman–Crippen MR) is 64.0 cm³/mol. The molecule has 0 radical (unpaired) electrons. The standard InChI is InChI=1S/C12H24N2O2/c1-3-4-5-6-9(2)14-12(15)10-7-16-8-11(10)13/h9-11H,3-8,13H2,1-2H3,(H,14,15). The number of nitrogens with two attached hydrogens (primary N) is 1. The van der Waals surface area contributed by atoms with Crippen LogP contribution in [-0.2, 0) is 9.53 Å². The highest BCUT2D eigenvalue weighted by atomic mass is 16.5. The number of carbonyl (C=O) groups excluding carboxylic acids is 1. The molecule has 0 saturated carbocycles. The third-order valence-electron chi connectivity index (χ3n) is 3.09. The van der Waals surface area contributed by atoms with E-state index in [9.17, 15) is 4.79 Å². The van der Waals surface area contributed by atoms with Crippen molar-refractivity contribution in [3.63, 3.8) is 0 Å². The number of amides is 1. The van der Waals surface area contributed by atoms with Crippen LogP contribution in [0, 0.1) is 5.92 Å². The SMILES string of the molecule is CCCCCC(C)NC(=O)C1COCC1N. The van der Waals surface area contributed by atoms with Crippen molar-refractivity contribution in [2.75, 3.05) is 13.2 Å². The lowest BCUT2D eigenvalue weighted by molar-refractivity contribution is -0.125. The first kappa shape index (κ1) is 13.5. The van der Waals surface area contributed by atoms with Gasteiger partial charge in [-0.15, -0.1) is 0 Å². The van der Waals surface area contributed by atoms with Crippen molar-refractivity contribution in [3.8, 4) is 0 Å². The molecule has 3 N–H and O–H groups in total. The molecule has 0 aromatic heterocycles. The van der Waals surface area contributed by atoms with Crippen LogP contribution in [0.15, 0.2) is 0 Å². The molecule has 4 heteroatoms. The Morgan fingerprint density at radius 1 is 1.50 bits per heavy atom. The lowest BCUT2D eigenvalue weighted by atomic mass is 10.0. The summed E-state index contributed by atoms with van der Waals surface area (Å²) >= 11 is 0. The summed E-state index contributed by atoms with van der Waals surface area (Å²) in [5.41, 5.74) is 5.79. The first-order valence-electron chi connectivity index (χ1n) is 6.28. The summed E-state index contributed by atoms with van der Waals surface area (Å²) < 4.78 is 5.18. The van der Waals surface area contributed by atoms with Crippen LogP contribution >= 0.6 is 0 Å². The van der Waals surface area contributed by atoms with Gasteiger partial charge in [0.15, 0.2) is 0 Å². The molecule has 3 atom stereocenters. The minimum Gasteiger partial charge on any atom is -0.379 e. The molecule has 1 saturated heterocycles. The molecule has 1 fully saturated rings. The summed E-state index contributed by atoms with van der Waals surface area (Å²) in [5.74, 6) is -0.109. The molecule has 0 aromatic carbocycles. The van der Waals surface area contributed by atoms with Crippen LogP contribution in [0.4, 0.5) is 0 Å². The molecule has 4 nitrogen and oxygen atoms in total. The molecular weight excluding hydrogens is 204 g/mol. The van der Waals surface area contributed by atoms with Crippen LogP contribution in [0.3, 0.4) is 0 Å². The van der Waals surface area contributed by atoms with E-state index in [2.05, 4.69) is 19.2 Å². The number of carbonyl (C=O) groups is 1. The number of unbranched alkanes of at least 4 members (excludes halogenated alkanes) is 2. The summed E-state index contributed by atoms with van der Waals surface area (Å²) in [6.07, 6.45) is 4.65. The Balaban J connectivity index is 2.22. The van der Waals surface area contributed by atoms with Gasteiger partial charge in [-0.25, -0.2) is 0 Å². The van der Waals surface area contributed by atoms with Gasteiger partial charge in [0.1, 0.15) is 0 Å². The van der Waals surface area contributed by atoms with Gasteiger partial charge >= 0.3 is 0 Å². The number of nitrogens with one attached hydrogen (secondary N) is 1. The smallest absolute Gasteiger partial charge is 0.227 e. The van der Waals surface area contributed by atoms with Gasteiger partial charge in [-0.1, -0.05) is 26.2 Å². The molecule has 3 unspecified atom stereocenters. The Labute approximate surface area is 97.9 Å². The van der Waals surface area contributed by atoms with Crippen LogP contribution in [0.25, 0.3) is 0 Å². The highest BCUT2D eigenvalue weighted by molar-refractivity contribution is 5.80. The van der Waals surface area contributed by atoms with Crippen LogP contribution in [0.5, 0.6) is 0 Å². The van der Waals surface area contributed by atoms with Crippen molar-refractivity contribution in [1.82, 2.24) is 5.32 Å². The highest BCUT2D eigenvalue weighted by Crippen LogP contribution is 2.12. The Kier molecular flexibility index (Phi) is 5.77. The average Bonchev–Trinajstić information content (AvgIpc) is 2.65. The van der Waals surface area contributed by atoms with Crippen molar-refractivity contribution in [3.05, 3.63) is 0 Å². The number of ether oxygens (including phenoxy) is 1. The van der Waals surface area contributed by atoms with Gasteiger partial charge < -0.3 is 15.8 Å². The lowest BCUT2D eigenvalue weighted by Gasteiger charge is -2.18. The largest absolute Gasteiger partial charge is 0.379 e. The summed E-state index contributed by atoms with van der Waals surface area (Å²) in [6, 6.07) is 0.106. The molecule has 1 amide bonds. The van der Waals surface area contributed by atoms with E-state index in [4.69, 9.17) is 10.5 Å². The van der Waals surface area contributed by atoms with E-state index in [0.717, 1.165) is 6.42 Å². The van der Waals surface area contributed by atoms with Crippen LogP contribution < -0.4 is 11.1 Å². The summed E-state index contributed by atoms with van der Waals surface area (Å²) in [5, 5.41) is 3.01. The normalized spacial score (nSPS) is 26.7. The predicted octanol–water partition coefficient (Wildman–Crippen LogP) is 1.05. The average molecular weight is 228 g/mol. The minimum atomic E-state index is -0.159. The molecular formula is C12H24N2O2. The van der Waals surface area contributed by atoms with Gasteiger partial charge in [-0.3, -0.25) is 4.79 Å². The maximum Gasteiger partial charge on any atom is 0.227 e. The van der Waals surface area contributed by atoms with Gasteiger partial charge in [0.25, 0.3) is 0 Å². The molecule has 94 valence electrons. The van der Waals surface area contributed by atoms with Gasteiger partial charge in [0, 0.05) is 12.1 Å². The first-order chi connectivity index (χ1) is 7.65.